The average Bonchev–Trinajstić information content (AvgIpc) is 2.55. The zero-order chi connectivity index (χ0) is 8.60. The molecule has 0 aromatic heterocycles. The smallest absolute Gasteiger partial charge is 0.229 e. The van der Waals surface area contributed by atoms with Crippen molar-refractivity contribution in [1.29, 1.82) is 0 Å². The first-order valence-electron chi connectivity index (χ1n) is 4.42. The van der Waals surface area contributed by atoms with Crippen LogP contribution in [-0.4, -0.2) is 18.0 Å². The summed E-state index contributed by atoms with van der Waals surface area (Å²) in [5.41, 5.74) is 0.119. The van der Waals surface area contributed by atoms with Gasteiger partial charge in [0.25, 0.3) is 0 Å². The summed E-state index contributed by atoms with van der Waals surface area (Å²) in [6, 6.07) is 0. The number of amides is 1. The molecule has 1 atom stereocenters. The van der Waals surface area contributed by atoms with Gasteiger partial charge in [0.2, 0.25) is 5.91 Å². The summed E-state index contributed by atoms with van der Waals surface area (Å²) >= 11 is 0. The molecular formula is C9H14N2O. The Morgan fingerprint density at radius 2 is 2.42 bits per heavy atom. The molecular weight excluding hydrogens is 152 g/mol. The van der Waals surface area contributed by atoms with Gasteiger partial charge in [0.1, 0.15) is 0 Å². The molecule has 1 unspecified atom stereocenters. The highest BCUT2D eigenvalue weighted by Gasteiger charge is 2.39. The van der Waals surface area contributed by atoms with Crippen LogP contribution in [0.25, 0.3) is 0 Å². The van der Waals surface area contributed by atoms with Gasteiger partial charge in [0.05, 0.1) is 5.92 Å². The van der Waals surface area contributed by atoms with E-state index in [1.54, 1.807) is 0 Å². The summed E-state index contributed by atoms with van der Waals surface area (Å²) < 4.78 is 0. The fourth-order valence-electron chi connectivity index (χ4n) is 1.33. The minimum atomic E-state index is 0.0439. The molecule has 0 aromatic carbocycles. The molecule has 2 rings (SSSR count). The maximum Gasteiger partial charge on any atom is 0.229 e. The van der Waals surface area contributed by atoms with E-state index in [2.05, 4.69) is 17.6 Å². The SMILES string of the molecule is CC1(NC(=O)C2C=CNC2)CC1. The second-order valence-corrected chi connectivity index (χ2v) is 3.92. The van der Waals surface area contributed by atoms with Crippen molar-refractivity contribution < 1.29 is 4.79 Å². The van der Waals surface area contributed by atoms with E-state index in [9.17, 15) is 4.79 Å². The van der Waals surface area contributed by atoms with E-state index in [0.717, 1.165) is 19.4 Å². The van der Waals surface area contributed by atoms with Gasteiger partial charge in [-0.3, -0.25) is 4.79 Å². The Balaban J connectivity index is 1.87. The van der Waals surface area contributed by atoms with Crippen molar-refractivity contribution in [3.05, 3.63) is 12.3 Å². The summed E-state index contributed by atoms with van der Waals surface area (Å²) in [4.78, 5) is 11.5. The van der Waals surface area contributed by atoms with Crippen LogP contribution in [0.3, 0.4) is 0 Å². The third-order valence-electron chi connectivity index (χ3n) is 2.55. The Bertz CT molecular complexity index is 231. The van der Waals surface area contributed by atoms with Crippen LogP contribution in [0.15, 0.2) is 12.3 Å². The molecule has 3 nitrogen and oxygen atoms in total. The summed E-state index contributed by atoms with van der Waals surface area (Å²) in [6.07, 6.45) is 6.02. The lowest BCUT2D eigenvalue weighted by molar-refractivity contribution is -0.124. The van der Waals surface area contributed by atoms with Crippen molar-refractivity contribution in [2.24, 2.45) is 5.92 Å². The molecule has 0 spiro atoms. The molecule has 0 bridgehead atoms. The summed E-state index contributed by atoms with van der Waals surface area (Å²) in [5, 5.41) is 6.06. The normalized spacial score (nSPS) is 29.6. The quantitative estimate of drug-likeness (QED) is 0.623. The van der Waals surface area contributed by atoms with Gasteiger partial charge in [-0.05, 0) is 26.0 Å². The minimum absolute atomic E-state index is 0.0439. The van der Waals surface area contributed by atoms with Crippen molar-refractivity contribution >= 4 is 5.91 Å². The molecule has 1 saturated carbocycles. The fourth-order valence-corrected chi connectivity index (χ4v) is 1.33. The molecule has 1 aliphatic carbocycles. The Kier molecular flexibility index (Phi) is 1.60. The van der Waals surface area contributed by atoms with Gasteiger partial charge in [0.15, 0.2) is 0 Å². The number of hydrogen-bond acceptors (Lipinski definition) is 2. The van der Waals surface area contributed by atoms with Crippen LogP contribution in [0.2, 0.25) is 0 Å². The molecule has 2 N–H and O–H groups in total. The Hall–Kier alpha value is -0.990. The first kappa shape index (κ1) is 7.65. The van der Waals surface area contributed by atoms with E-state index in [-0.39, 0.29) is 17.4 Å². The van der Waals surface area contributed by atoms with Gasteiger partial charge in [-0.25, -0.2) is 0 Å². The first-order chi connectivity index (χ1) is 5.70. The third-order valence-corrected chi connectivity index (χ3v) is 2.55. The number of nitrogens with one attached hydrogen (secondary N) is 2. The highest BCUT2D eigenvalue weighted by molar-refractivity contribution is 5.82. The molecule has 1 fully saturated rings. The van der Waals surface area contributed by atoms with Crippen molar-refractivity contribution in [3.63, 3.8) is 0 Å². The van der Waals surface area contributed by atoms with Crippen LogP contribution < -0.4 is 10.6 Å². The molecule has 0 aromatic rings. The summed E-state index contributed by atoms with van der Waals surface area (Å²) in [7, 11) is 0. The van der Waals surface area contributed by atoms with Crippen molar-refractivity contribution in [2.75, 3.05) is 6.54 Å². The topological polar surface area (TPSA) is 41.1 Å². The highest BCUT2D eigenvalue weighted by Crippen LogP contribution is 2.34. The van der Waals surface area contributed by atoms with E-state index in [0.29, 0.717) is 0 Å². The Morgan fingerprint density at radius 1 is 1.67 bits per heavy atom. The predicted octanol–water partition coefficient (Wildman–Crippen LogP) is 0.388. The third kappa shape index (κ3) is 1.44. The second kappa shape index (κ2) is 2.51. The van der Waals surface area contributed by atoms with Crippen molar-refractivity contribution in [1.82, 2.24) is 10.6 Å². The van der Waals surface area contributed by atoms with Crippen LogP contribution >= 0.6 is 0 Å². The van der Waals surface area contributed by atoms with E-state index < -0.39 is 0 Å². The maximum atomic E-state index is 11.5. The molecule has 66 valence electrons. The Labute approximate surface area is 72.2 Å². The lowest BCUT2D eigenvalue weighted by Crippen LogP contribution is -2.39. The molecule has 1 aliphatic heterocycles. The van der Waals surface area contributed by atoms with E-state index >= 15 is 0 Å². The zero-order valence-corrected chi connectivity index (χ0v) is 7.26. The van der Waals surface area contributed by atoms with Crippen LogP contribution in [0.1, 0.15) is 19.8 Å². The van der Waals surface area contributed by atoms with Gasteiger partial charge in [-0.1, -0.05) is 6.08 Å². The van der Waals surface area contributed by atoms with Crippen LogP contribution in [-0.2, 0) is 4.79 Å². The standard InChI is InChI=1S/C9H14N2O/c1-9(3-4-9)11-8(12)7-2-5-10-6-7/h2,5,7,10H,3-4,6H2,1H3,(H,11,12). The van der Waals surface area contributed by atoms with Gasteiger partial charge in [-0.2, -0.15) is 0 Å². The highest BCUT2D eigenvalue weighted by atomic mass is 16.2. The molecule has 3 heteroatoms. The molecule has 2 aliphatic rings. The Morgan fingerprint density at radius 3 is 2.92 bits per heavy atom. The number of carbonyl (C=O) groups is 1. The summed E-state index contributed by atoms with van der Waals surface area (Å²) in [6.45, 7) is 2.85. The molecule has 0 saturated heterocycles. The van der Waals surface area contributed by atoms with Gasteiger partial charge in [0, 0.05) is 12.1 Å². The monoisotopic (exact) mass is 166 g/mol. The molecule has 1 amide bonds. The van der Waals surface area contributed by atoms with Gasteiger partial charge < -0.3 is 10.6 Å². The van der Waals surface area contributed by atoms with E-state index in [4.69, 9.17) is 0 Å². The largest absolute Gasteiger partial charge is 0.390 e. The van der Waals surface area contributed by atoms with Crippen LogP contribution in [0.4, 0.5) is 0 Å². The van der Waals surface area contributed by atoms with Crippen molar-refractivity contribution in [3.8, 4) is 0 Å². The fraction of sp³-hybridized carbons (Fsp3) is 0.667. The molecule has 0 radical (unpaired) electrons. The first-order valence-corrected chi connectivity index (χ1v) is 4.42. The molecule has 1 heterocycles. The lowest BCUT2D eigenvalue weighted by atomic mass is 10.1. The summed E-state index contributed by atoms with van der Waals surface area (Å²) in [5.74, 6) is 0.207. The van der Waals surface area contributed by atoms with Gasteiger partial charge in [-0.15, -0.1) is 0 Å². The van der Waals surface area contributed by atoms with E-state index in [1.165, 1.54) is 0 Å². The van der Waals surface area contributed by atoms with Crippen molar-refractivity contribution in [2.45, 2.75) is 25.3 Å². The molecule has 12 heavy (non-hydrogen) atoms. The number of rotatable bonds is 2. The second-order valence-electron chi connectivity index (χ2n) is 3.92. The van der Waals surface area contributed by atoms with E-state index in [1.807, 2.05) is 12.3 Å². The average molecular weight is 166 g/mol. The number of carbonyl (C=O) groups excluding carboxylic acids is 1. The lowest BCUT2D eigenvalue weighted by Gasteiger charge is -2.14. The van der Waals surface area contributed by atoms with Crippen LogP contribution in [0.5, 0.6) is 0 Å². The van der Waals surface area contributed by atoms with Gasteiger partial charge >= 0.3 is 0 Å². The predicted molar refractivity (Wildman–Crippen MR) is 46.4 cm³/mol. The zero-order valence-electron chi connectivity index (χ0n) is 7.26. The minimum Gasteiger partial charge on any atom is -0.390 e. The number of hydrogen-bond donors (Lipinski definition) is 2. The maximum absolute atomic E-state index is 11.5. The van der Waals surface area contributed by atoms with Crippen LogP contribution in [0, 0.1) is 5.92 Å².